The highest BCUT2D eigenvalue weighted by Crippen LogP contribution is 2.29. The van der Waals surface area contributed by atoms with E-state index in [2.05, 4.69) is 15.3 Å². The quantitative estimate of drug-likeness (QED) is 0.645. The van der Waals surface area contributed by atoms with Gasteiger partial charge in [0, 0.05) is 11.6 Å². The molecule has 0 unspecified atom stereocenters. The minimum Gasteiger partial charge on any atom is -0.300 e. The molecular formula is C19H14N4O3S2. The Morgan fingerprint density at radius 1 is 1.11 bits per heavy atom. The lowest BCUT2D eigenvalue weighted by atomic mass is 10.1. The van der Waals surface area contributed by atoms with Crippen molar-refractivity contribution >= 4 is 55.5 Å². The fraction of sp³-hybridized carbons (Fsp3) is 0. The van der Waals surface area contributed by atoms with Crippen LogP contribution in [0.4, 0.5) is 5.69 Å². The Kier molecular flexibility index (Phi) is 4.71. The summed E-state index contributed by atoms with van der Waals surface area (Å²) in [5.41, 5.74) is 2.13. The monoisotopic (exact) mass is 410 g/mol. The summed E-state index contributed by atoms with van der Waals surface area (Å²) in [6, 6.07) is 15.5. The molecule has 2 aromatic carbocycles. The van der Waals surface area contributed by atoms with Crippen LogP contribution in [-0.4, -0.2) is 24.5 Å². The Morgan fingerprint density at radius 2 is 1.96 bits per heavy atom. The summed E-state index contributed by atoms with van der Waals surface area (Å²) in [4.78, 5) is 21.3. The molecule has 0 bridgehead atoms. The van der Waals surface area contributed by atoms with Gasteiger partial charge < -0.3 is 5.32 Å². The van der Waals surface area contributed by atoms with Crippen molar-refractivity contribution in [3.05, 3.63) is 71.3 Å². The number of sulfonamides is 1. The second kappa shape index (κ2) is 7.19. The maximum atomic E-state index is 12.3. The number of fused-ring (bicyclic) bond motifs is 1. The van der Waals surface area contributed by atoms with Crippen LogP contribution >= 0.6 is 11.8 Å². The molecule has 1 fully saturated rings. The first-order chi connectivity index (χ1) is 13.4. The summed E-state index contributed by atoms with van der Waals surface area (Å²) in [5, 5.41) is 9.17. The molecule has 1 aliphatic rings. The molecule has 1 aromatic heterocycles. The molecule has 0 aliphatic carbocycles. The number of hydrogen-bond donors (Lipinski definition) is 2. The van der Waals surface area contributed by atoms with Gasteiger partial charge in [0.2, 0.25) is 10.0 Å². The number of carbonyl (C=O) groups is 1. The van der Waals surface area contributed by atoms with Crippen molar-refractivity contribution in [1.29, 1.82) is 0 Å². The van der Waals surface area contributed by atoms with E-state index in [1.807, 2.05) is 30.3 Å². The zero-order chi connectivity index (χ0) is 19.7. The number of aliphatic imine (C=N–C) groups is 1. The summed E-state index contributed by atoms with van der Waals surface area (Å²) < 4.78 is 22.9. The molecule has 3 N–H and O–H groups in total. The minimum absolute atomic E-state index is 0.0378. The van der Waals surface area contributed by atoms with E-state index in [4.69, 9.17) is 5.14 Å². The summed E-state index contributed by atoms with van der Waals surface area (Å²) in [5.74, 6) is -0.266. The van der Waals surface area contributed by atoms with Crippen LogP contribution in [0.3, 0.4) is 0 Å². The maximum Gasteiger partial charge on any atom is 0.264 e. The largest absolute Gasteiger partial charge is 0.300 e. The Labute approximate surface area is 165 Å². The number of primary sulfonamides is 1. The third-order valence-corrected chi connectivity index (χ3v) is 5.77. The van der Waals surface area contributed by atoms with E-state index in [1.54, 1.807) is 24.4 Å². The SMILES string of the molecule is NS(=O)(=O)c1cccc(N=C2NC(=O)C(=Cc3ccc4ncccc4c3)S2)c1. The van der Waals surface area contributed by atoms with Gasteiger partial charge in [-0.2, -0.15) is 0 Å². The lowest BCUT2D eigenvalue weighted by Crippen LogP contribution is -2.19. The van der Waals surface area contributed by atoms with Gasteiger partial charge in [-0.3, -0.25) is 9.78 Å². The first-order valence-corrected chi connectivity index (χ1v) is 10.5. The van der Waals surface area contributed by atoms with Crippen molar-refractivity contribution in [1.82, 2.24) is 10.3 Å². The predicted molar refractivity (Wildman–Crippen MR) is 110 cm³/mol. The van der Waals surface area contributed by atoms with E-state index in [9.17, 15) is 13.2 Å². The van der Waals surface area contributed by atoms with Crippen LogP contribution in [0.15, 0.2) is 75.6 Å². The number of amidine groups is 1. The molecule has 28 heavy (non-hydrogen) atoms. The van der Waals surface area contributed by atoms with E-state index in [1.165, 1.54) is 23.9 Å². The first kappa shape index (κ1) is 18.4. The topological polar surface area (TPSA) is 115 Å². The molecule has 9 heteroatoms. The Balaban J connectivity index is 1.61. The summed E-state index contributed by atoms with van der Waals surface area (Å²) in [6.07, 6.45) is 3.50. The van der Waals surface area contributed by atoms with Gasteiger partial charge in [0.05, 0.1) is 21.0 Å². The summed E-state index contributed by atoms with van der Waals surface area (Å²) >= 11 is 1.18. The van der Waals surface area contributed by atoms with Crippen LogP contribution in [0.5, 0.6) is 0 Å². The van der Waals surface area contributed by atoms with Crippen molar-refractivity contribution in [3.63, 3.8) is 0 Å². The van der Waals surface area contributed by atoms with Crippen molar-refractivity contribution < 1.29 is 13.2 Å². The number of hydrogen-bond acceptors (Lipinski definition) is 6. The van der Waals surface area contributed by atoms with Crippen LogP contribution in [-0.2, 0) is 14.8 Å². The number of carbonyl (C=O) groups excluding carboxylic acids is 1. The number of rotatable bonds is 3. The smallest absolute Gasteiger partial charge is 0.264 e. The average Bonchev–Trinajstić information content (AvgIpc) is 3.00. The number of nitrogens with zero attached hydrogens (tertiary/aromatic N) is 2. The van der Waals surface area contributed by atoms with E-state index in [0.717, 1.165) is 16.5 Å². The Hall–Kier alpha value is -3.01. The highest BCUT2D eigenvalue weighted by Gasteiger charge is 2.24. The van der Waals surface area contributed by atoms with Gasteiger partial charge >= 0.3 is 0 Å². The Bertz CT molecular complexity index is 1270. The van der Waals surface area contributed by atoms with E-state index in [-0.39, 0.29) is 10.8 Å². The van der Waals surface area contributed by atoms with Gasteiger partial charge in [0.15, 0.2) is 5.17 Å². The maximum absolute atomic E-state index is 12.3. The number of aromatic nitrogens is 1. The highest BCUT2D eigenvalue weighted by molar-refractivity contribution is 8.18. The fourth-order valence-electron chi connectivity index (χ4n) is 2.66. The van der Waals surface area contributed by atoms with Crippen LogP contribution in [0.1, 0.15) is 5.56 Å². The first-order valence-electron chi connectivity index (χ1n) is 8.16. The molecule has 1 aliphatic heterocycles. The van der Waals surface area contributed by atoms with Crippen molar-refractivity contribution in [2.45, 2.75) is 4.90 Å². The van der Waals surface area contributed by atoms with Crippen molar-refractivity contribution in [2.24, 2.45) is 10.1 Å². The number of nitrogens with two attached hydrogens (primary N) is 1. The zero-order valence-electron chi connectivity index (χ0n) is 14.4. The lowest BCUT2D eigenvalue weighted by Gasteiger charge is -2.00. The van der Waals surface area contributed by atoms with E-state index < -0.39 is 10.0 Å². The molecule has 4 rings (SSSR count). The highest BCUT2D eigenvalue weighted by atomic mass is 32.2. The van der Waals surface area contributed by atoms with Gasteiger partial charge in [0.25, 0.3) is 5.91 Å². The predicted octanol–water partition coefficient (Wildman–Crippen LogP) is 2.77. The zero-order valence-corrected chi connectivity index (χ0v) is 16.0. The number of nitrogens with one attached hydrogen (secondary N) is 1. The summed E-state index contributed by atoms with van der Waals surface area (Å²) in [7, 11) is -3.82. The Morgan fingerprint density at radius 3 is 2.79 bits per heavy atom. The van der Waals surface area contributed by atoms with Crippen molar-refractivity contribution in [2.75, 3.05) is 0 Å². The number of thioether (sulfide) groups is 1. The van der Waals surface area contributed by atoms with Crippen LogP contribution in [0.2, 0.25) is 0 Å². The molecule has 1 amide bonds. The normalized spacial score (nSPS) is 17.4. The second-order valence-electron chi connectivity index (χ2n) is 5.98. The van der Waals surface area contributed by atoms with Gasteiger partial charge in [-0.1, -0.05) is 18.2 Å². The molecule has 2 heterocycles. The molecule has 0 atom stereocenters. The third kappa shape index (κ3) is 3.96. The van der Waals surface area contributed by atoms with Gasteiger partial charge in [-0.05, 0) is 59.8 Å². The molecule has 0 saturated carbocycles. The van der Waals surface area contributed by atoms with Crippen LogP contribution in [0, 0.1) is 0 Å². The van der Waals surface area contributed by atoms with Gasteiger partial charge in [-0.15, -0.1) is 0 Å². The molecule has 1 saturated heterocycles. The van der Waals surface area contributed by atoms with E-state index in [0.29, 0.717) is 15.8 Å². The molecule has 0 spiro atoms. The number of amides is 1. The minimum atomic E-state index is -3.82. The van der Waals surface area contributed by atoms with Crippen LogP contribution < -0.4 is 10.5 Å². The molecule has 7 nitrogen and oxygen atoms in total. The van der Waals surface area contributed by atoms with Crippen molar-refractivity contribution in [3.8, 4) is 0 Å². The van der Waals surface area contributed by atoms with Crippen LogP contribution in [0.25, 0.3) is 17.0 Å². The second-order valence-corrected chi connectivity index (χ2v) is 8.57. The third-order valence-electron chi connectivity index (χ3n) is 3.95. The molecule has 0 radical (unpaired) electrons. The summed E-state index contributed by atoms with van der Waals surface area (Å²) in [6.45, 7) is 0. The number of pyridine rings is 1. The standard InChI is InChI=1S/C19H14N4O3S2/c20-28(25,26)15-5-1-4-14(11-15)22-19-23-18(24)17(27-19)10-12-6-7-16-13(9-12)3-2-8-21-16/h1-11H,(H2,20,25,26)(H,22,23,24). The average molecular weight is 410 g/mol. The van der Waals surface area contributed by atoms with Gasteiger partial charge in [0.1, 0.15) is 0 Å². The van der Waals surface area contributed by atoms with E-state index >= 15 is 0 Å². The van der Waals surface area contributed by atoms with Gasteiger partial charge in [-0.25, -0.2) is 18.5 Å². The molecular weight excluding hydrogens is 396 g/mol. The number of benzene rings is 2. The lowest BCUT2D eigenvalue weighted by molar-refractivity contribution is -0.115. The molecule has 3 aromatic rings. The fourth-order valence-corrected chi connectivity index (χ4v) is 4.06. The molecule has 140 valence electrons.